The van der Waals surface area contributed by atoms with Crippen molar-refractivity contribution in [2.45, 2.75) is 58.4 Å². The first-order valence-corrected chi connectivity index (χ1v) is 6.65. The van der Waals surface area contributed by atoms with Gasteiger partial charge < -0.3 is 11.1 Å². The quantitative estimate of drug-likeness (QED) is 0.728. The molecule has 0 aromatic rings. The molecule has 0 aliphatic heterocycles. The highest BCUT2D eigenvalue weighted by atomic mass is 16.1. The monoisotopic (exact) mass is 226 g/mol. The number of nitrogens with two attached hydrogens (primary N) is 1. The topological polar surface area (TPSA) is 55.1 Å². The highest BCUT2D eigenvalue weighted by molar-refractivity contribution is 5.78. The van der Waals surface area contributed by atoms with Crippen LogP contribution >= 0.6 is 0 Å². The Morgan fingerprint density at radius 3 is 2.56 bits per heavy atom. The van der Waals surface area contributed by atoms with Crippen LogP contribution in [0.5, 0.6) is 0 Å². The van der Waals surface area contributed by atoms with E-state index in [9.17, 15) is 4.79 Å². The molecule has 1 aliphatic rings. The molecule has 0 heterocycles. The molecule has 0 spiro atoms. The summed E-state index contributed by atoms with van der Waals surface area (Å²) in [6.45, 7) is 4.81. The average molecular weight is 226 g/mol. The van der Waals surface area contributed by atoms with Crippen LogP contribution in [0.2, 0.25) is 0 Å². The summed E-state index contributed by atoms with van der Waals surface area (Å²) in [6.07, 6.45) is 7.05. The molecule has 1 unspecified atom stereocenters. The van der Waals surface area contributed by atoms with E-state index >= 15 is 0 Å². The number of hydrogen-bond donors (Lipinski definition) is 2. The second-order valence-electron chi connectivity index (χ2n) is 5.17. The zero-order valence-electron chi connectivity index (χ0n) is 10.7. The number of rotatable bonds is 6. The molecule has 16 heavy (non-hydrogen) atoms. The summed E-state index contributed by atoms with van der Waals surface area (Å²) in [5.41, 5.74) is 5.45. The van der Waals surface area contributed by atoms with E-state index in [0.717, 1.165) is 12.8 Å². The van der Waals surface area contributed by atoms with Crippen LogP contribution in [-0.2, 0) is 4.79 Å². The number of hydrogen-bond acceptors (Lipinski definition) is 2. The smallest absolute Gasteiger partial charge is 0.223 e. The molecule has 3 heteroatoms. The lowest BCUT2D eigenvalue weighted by Crippen LogP contribution is -2.40. The van der Waals surface area contributed by atoms with Gasteiger partial charge in [-0.3, -0.25) is 4.79 Å². The van der Waals surface area contributed by atoms with Gasteiger partial charge in [-0.2, -0.15) is 0 Å². The van der Waals surface area contributed by atoms with Crippen molar-refractivity contribution in [2.24, 2.45) is 17.6 Å². The van der Waals surface area contributed by atoms with Gasteiger partial charge in [0.25, 0.3) is 0 Å². The third-order valence-electron chi connectivity index (χ3n) is 3.77. The summed E-state index contributed by atoms with van der Waals surface area (Å²) in [5.74, 6) is 1.01. The van der Waals surface area contributed by atoms with Gasteiger partial charge in [0.1, 0.15) is 0 Å². The summed E-state index contributed by atoms with van der Waals surface area (Å²) >= 11 is 0. The van der Waals surface area contributed by atoms with Crippen molar-refractivity contribution in [3.05, 3.63) is 0 Å². The predicted molar refractivity (Wildman–Crippen MR) is 67.0 cm³/mol. The van der Waals surface area contributed by atoms with Gasteiger partial charge in [-0.05, 0) is 45.1 Å². The molecule has 1 rings (SSSR count). The number of nitrogens with one attached hydrogen (secondary N) is 1. The van der Waals surface area contributed by atoms with E-state index in [0.29, 0.717) is 18.5 Å². The largest absolute Gasteiger partial charge is 0.353 e. The Morgan fingerprint density at radius 2 is 2.00 bits per heavy atom. The van der Waals surface area contributed by atoms with Crippen molar-refractivity contribution in [2.75, 3.05) is 6.54 Å². The predicted octanol–water partition coefficient (Wildman–Crippen LogP) is 2.06. The molecule has 2 atom stereocenters. The maximum atomic E-state index is 11.9. The Kier molecular flexibility index (Phi) is 5.81. The van der Waals surface area contributed by atoms with Gasteiger partial charge in [-0.25, -0.2) is 0 Å². The molecule has 3 nitrogen and oxygen atoms in total. The van der Waals surface area contributed by atoms with Gasteiger partial charge in [0.15, 0.2) is 0 Å². The Morgan fingerprint density at radius 1 is 1.38 bits per heavy atom. The van der Waals surface area contributed by atoms with Crippen LogP contribution in [0.4, 0.5) is 0 Å². The molecule has 0 saturated heterocycles. The van der Waals surface area contributed by atoms with Crippen molar-refractivity contribution >= 4 is 5.91 Å². The third kappa shape index (κ3) is 4.12. The van der Waals surface area contributed by atoms with E-state index in [1.165, 1.54) is 25.7 Å². The maximum absolute atomic E-state index is 11.9. The van der Waals surface area contributed by atoms with E-state index < -0.39 is 0 Å². The summed E-state index contributed by atoms with van der Waals surface area (Å²) in [4.78, 5) is 11.9. The highest BCUT2D eigenvalue weighted by Crippen LogP contribution is 2.27. The van der Waals surface area contributed by atoms with Crippen LogP contribution in [0.25, 0.3) is 0 Å². The molecule has 0 bridgehead atoms. The van der Waals surface area contributed by atoms with Crippen molar-refractivity contribution in [3.8, 4) is 0 Å². The molecular weight excluding hydrogens is 200 g/mol. The molecule has 1 fully saturated rings. The Balaban J connectivity index is 2.26. The molecule has 0 aromatic heterocycles. The number of carbonyl (C=O) groups excluding carboxylic acids is 1. The average Bonchev–Trinajstić information content (AvgIpc) is 2.79. The lowest BCUT2D eigenvalue weighted by molar-refractivity contribution is -0.125. The van der Waals surface area contributed by atoms with Gasteiger partial charge in [0, 0.05) is 12.0 Å². The lowest BCUT2D eigenvalue weighted by atomic mass is 9.98. The fourth-order valence-corrected chi connectivity index (χ4v) is 2.50. The Labute approximate surface area is 99.2 Å². The standard InChI is InChI=1S/C13H26N2O/c1-10(6-5-9-14)13(16)15-11(2)12-7-3-4-8-12/h10-12H,3-9,14H2,1-2H3,(H,15,16)/t10?,11-/m0/s1. The van der Waals surface area contributed by atoms with Crippen LogP contribution in [0.1, 0.15) is 52.4 Å². The van der Waals surface area contributed by atoms with Crippen molar-refractivity contribution in [1.29, 1.82) is 0 Å². The van der Waals surface area contributed by atoms with Crippen molar-refractivity contribution in [1.82, 2.24) is 5.32 Å². The van der Waals surface area contributed by atoms with Gasteiger partial charge in [0.2, 0.25) is 5.91 Å². The van der Waals surface area contributed by atoms with Gasteiger partial charge in [-0.1, -0.05) is 19.8 Å². The van der Waals surface area contributed by atoms with Gasteiger partial charge >= 0.3 is 0 Å². The van der Waals surface area contributed by atoms with Crippen LogP contribution in [0.15, 0.2) is 0 Å². The lowest BCUT2D eigenvalue weighted by Gasteiger charge is -2.22. The summed E-state index contributed by atoms with van der Waals surface area (Å²) in [7, 11) is 0. The van der Waals surface area contributed by atoms with Crippen LogP contribution in [-0.4, -0.2) is 18.5 Å². The Bertz CT molecular complexity index is 212. The van der Waals surface area contributed by atoms with E-state index in [-0.39, 0.29) is 11.8 Å². The minimum Gasteiger partial charge on any atom is -0.353 e. The molecule has 94 valence electrons. The van der Waals surface area contributed by atoms with Crippen LogP contribution in [0, 0.1) is 11.8 Å². The van der Waals surface area contributed by atoms with E-state index in [1.807, 2.05) is 6.92 Å². The molecule has 0 aromatic carbocycles. The van der Waals surface area contributed by atoms with E-state index in [1.54, 1.807) is 0 Å². The van der Waals surface area contributed by atoms with Crippen molar-refractivity contribution < 1.29 is 4.79 Å². The number of amides is 1. The number of carbonyl (C=O) groups is 1. The summed E-state index contributed by atoms with van der Waals surface area (Å²) in [5, 5.41) is 3.15. The maximum Gasteiger partial charge on any atom is 0.223 e. The minimum atomic E-state index is 0.104. The second-order valence-corrected chi connectivity index (χ2v) is 5.17. The molecule has 0 radical (unpaired) electrons. The summed E-state index contributed by atoms with van der Waals surface area (Å²) < 4.78 is 0. The highest BCUT2D eigenvalue weighted by Gasteiger charge is 2.24. The van der Waals surface area contributed by atoms with Crippen LogP contribution < -0.4 is 11.1 Å². The molecule has 1 amide bonds. The molecule has 1 saturated carbocycles. The van der Waals surface area contributed by atoms with Crippen molar-refractivity contribution in [3.63, 3.8) is 0 Å². The third-order valence-corrected chi connectivity index (χ3v) is 3.77. The van der Waals surface area contributed by atoms with Gasteiger partial charge in [0.05, 0.1) is 0 Å². The first-order chi connectivity index (χ1) is 7.65. The SMILES string of the molecule is CC(CCCN)C(=O)N[C@@H](C)C1CCCC1. The Hall–Kier alpha value is -0.570. The normalized spacial score (nSPS) is 20.7. The fourth-order valence-electron chi connectivity index (χ4n) is 2.50. The zero-order chi connectivity index (χ0) is 12.0. The zero-order valence-corrected chi connectivity index (χ0v) is 10.7. The molecule has 3 N–H and O–H groups in total. The van der Waals surface area contributed by atoms with E-state index in [2.05, 4.69) is 12.2 Å². The fraction of sp³-hybridized carbons (Fsp3) is 0.923. The molecular formula is C13H26N2O. The second kappa shape index (κ2) is 6.89. The van der Waals surface area contributed by atoms with E-state index in [4.69, 9.17) is 5.73 Å². The minimum absolute atomic E-state index is 0.104. The van der Waals surface area contributed by atoms with Crippen LogP contribution in [0.3, 0.4) is 0 Å². The first kappa shape index (κ1) is 13.5. The first-order valence-electron chi connectivity index (χ1n) is 6.65. The summed E-state index contributed by atoms with van der Waals surface area (Å²) in [6, 6.07) is 0.343. The molecule has 1 aliphatic carbocycles. The van der Waals surface area contributed by atoms with Gasteiger partial charge in [-0.15, -0.1) is 0 Å².